The Labute approximate surface area is 376 Å². The largest absolute Gasteiger partial charge is 0.478 e. The molecule has 0 aliphatic carbocycles. The molecule has 0 amide bonds. The van der Waals surface area contributed by atoms with Gasteiger partial charge in [0, 0.05) is 7.14 Å². The fraction of sp³-hybridized carbons (Fsp3) is 0.0667. The second-order valence-electron chi connectivity index (χ2n) is 12.5. The monoisotopic (exact) mass is 1050 g/mol. The lowest BCUT2D eigenvalue weighted by atomic mass is 10.0. The Morgan fingerprint density at radius 2 is 0.639 bits per heavy atom. The van der Waals surface area contributed by atoms with E-state index >= 15 is 0 Å². The summed E-state index contributed by atoms with van der Waals surface area (Å²) >= 11 is 4.07. The van der Waals surface area contributed by atoms with E-state index in [1.807, 2.05) is 28.7 Å². The standard InChI is InChI=1S/C24H20INO6.C21H14INO6/c1-30-22(27)16-8-4-6-10-19(16)26(20-11-7-5-9-17(20)23(28)31-2)21-13-12-15(25)14-18(21)24(29)32-3;22-12-9-10-18(15(11-12)21(28)29)23(16-7-3-1-5-13(16)19(24)25)17-8-4-2-6-14(17)20(26)27/h4-14H,1-3H3;1-11H,(H,24,25)(H,26,27)(H,28,29). The SMILES string of the molecule is COC(=O)c1ccccc1N(c1ccccc1C(=O)OC)c1ccc(I)cc1C(=O)OC.O=C(O)c1ccccc1N(c1ccccc1C(=O)O)c1ccc(I)cc1C(=O)O. The number of anilines is 6. The summed E-state index contributed by atoms with van der Waals surface area (Å²) in [5.74, 6) is -5.35. The van der Waals surface area contributed by atoms with E-state index in [0.717, 1.165) is 3.57 Å². The van der Waals surface area contributed by atoms with E-state index in [4.69, 9.17) is 14.2 Å². The Morgan fingerprint density at radius 3 is 0.984 bits per heavy atom. The highest BCUT2D eigenvalue weighted by Gasteiger charge is 2.29. The number of carbonyl (C=O) groups excluding carboxylic acids is 3. The van der Waals surface area contributed by atoms with Crippen molar-refractivity contribution >= 4 is 115 Å². The van der Waals surface area contributed by atoms with Crippen LogP contribution in [0.5, 0.6) is 0 Å². The molecule has 0 aliphatic rings. The molecular weight excluding hydrogens is 1010 g/mol. The summed E-state index contributed by atoms with van der Waals surface area (Å²) in [7, 11) is 3.87. The summed E-state index contributed by atoms with van der Waals surface area (Å²) in [5.41, 5.74) is 2.21. The van der Waals surface area contributed by atoms with Gasteiger partial charge in [0.2, 0.25) is 0 Å². The molecule has 0 saturated carbocycles. The fourth-order valence-electron chi connectivity index (χ4n) is 6.23. The molecule has 310 valence electrons. The molecule has 0 unspecified atom stereocenters. The number of nitrogens with zero attached hydrogens (tertiary/aromatic N) is 2. The van der Waals surface area contributed by atoms with Gasteiger partial charge in [-0.3, -0.25) is 0 Å². The van der Waals surface area contributed by atoms with E-state index in [2.05, 4.69) is 22.6 Å². The van der Waals surface area contributed by atoms with Gasteiger partial charge >= 0.3 is 35.8 Å². The molecular formula is C45H34I2N2O12. The zero-order chi connectivity index (χ0) is 44.4. The van der Waals surface area contributed by atoms with Gasteiger partial charge in [-0.15, -0.1) is 0 Å². The number of benzene rings is 6. The average Bonchev–Trinajstić information content (AvgIpc) is 3.27. The lowest BCUT2D eigenvalue weighted by molar-refractivity contribution is 0.0593. The first-order chi connectivity index (χ1) is 29.2. The van der Waals surface area contributed by atoms with Crippen molar-refractivity contribution in [3.05, 3.63) is 174 Å². The predicted molar refractivity (Wildman–Crippen MR) is 243 cm³/mol. The molecule has 0 spiro atoms. The molecule has 0 aromatic heterocycles. The van der Waals surface area contributed by atoms with Crippen LogP contribution in [0.3, 0.4) is 0 Å². The molecule has 0 aliphatic heterocycles. The molecule has 0 radical (unpaired) electrons. The molecule has 16 heteroatoms. The Morgan fingerprint density at radius 1 is 0.377 bits per heavy atom. The summed E-state index contributed by atoms with van der Waals surface area (Å²) in [6.45, 7) is 0. The van der Waals surface area contributed by atoms with Crippen LogP contribution in [-0.2, 0) is 14.2 Å². The van der Waals surface area contributed by atoms with Crippen molar-refractivity contribution in [2.75, 3.05) is 31.1 Å². The number of ether oxygens (including phenoxy) is 3. The minimum atomic E-state index is -1.22. The first kappa shape index (κ1) is 45.3. The first-order valence-electron chi connectivity index (χ1n) is 17.7. The molecule has 6 aromatic rings. The number of carbonyl (C=O) groups is 6. The normalized spacial score (nSPS) is 10.3. The molecule has 3 N–H and O–H groups in total. The Balaban J connectivity index is 0.000000232. The smallest absolute Gasteiger partial charge is 0.340 e. The number of aromatic carboxylic acids is 3. The molecule has 14 nitrogen and oxygen atoms in total. The van der Waals surface area contributed by atoms with Gasteiger partial charge in [0.05, 0.1) is 88.8 Å². The number of methoxy groups -OCH3 is 3. The summed E-state index contributed by atoms with van der Waals surface area (Å²) in [6.07, 6.45) is 0. The van der Waals surface area contributed by atoms with E-state index in [1.165, 1.54) is 62.6 Å². The molecule has 0 atom stereocenters. The third-order valence-electron chi connectivity index (χ3n) is 8.89. The van der Waals surface area contributed by atoms with E-state index in [-0.39, 0.29) is 50.4 Å². The summed E-state index contributed by atoms with van der Waals surface area (Å²) < 4.78 is 16.4. The molecule has 0 fully saturated rings. The van der Waals surface area contributed by atoms with Gasteiger partial charge in [0.1, 0.15) is 0 Å². The van der Waals surface area contributed by atoms with Crippen LogP contribution in [0.25, 0.3) is 0 Å². The zero-order valence-corrected chi connectivity index (χ0v) is 36.7. The average molecular weight is 1050 g/mol. The number of hydrogen-bond acceptors (Lipinski definition) is 11. The molecule has 6 aromatic carbocycles. The third-order valence-corrected chi connectivity index (χ3v) is 10.2. The highest BCUT2D eigenvalue weighted by atomic mass is 127. The molecule has 0 saturated heterocycles. The van der Waals surface area contributed by atoms with Crippen LogP contribution in [0.15, 0.2) is 133 Å². The van der Waals surface area contributed by atoms with Crippen molar-refractivity contribution in [1.29, 1.82) is 0 Å². The van der Waals surface area contributed by atoms with E-state index < -0.39 is 35.8 Å². The van der Waals surface area contributed by atoms with Crippen LogP contribution in [0.4, 0.5) is 34.1 Å². The fourth-order valence-corrected chi connectivity index (χ4v) is 7.21. The number of carboxylic acids is 3. The van der Waals surface area contributed by atoms with Gasteiger partial charge in [0.15, 0.2) is 0 Å². The lowest BCUT2D eigenvalue weighted by Crippen LogP contribution is -2.20. The first-order valence-corrected chi connectivity index (χ1v) is 19.9. The van der Waals surface area contributed by atoms with Gasteiger partial charge in [0.25, 0.3) is 0 Å². The van der Waals surface area contributed by atoms with Crippen LogP contribution in [-0.4, -0.2) is 72.5 Å². The maximum absolute atomic E-state index is 12.7. The van der Waals surface area contributed by atoms with E-state index in [9.17, 15) is 44.1 Å². The summed E-state index contributed by atoms with van der Waals surface area (Å²) in [6, 6.07) is 35.5. The number of esters is 3. The number of para-hydroxylation sites is 4. The number of rotatable bonds is 12. The number of halogens is 2. The van der Waals surface area contributed by atoms with Gasteiger partial charge in [-0.1, -0.05) is 48.5 Å². The molecule has 6 rings (SSSR count). The van der Waals surface area contributed by atoms with Crippen molar-refractivity contribution in [2.45, 2.75) is 0 Å². The summed E-state index contributed by atoms with van der Waals surface area (Å²) in [5, 5.41) is 29.0. The Kier molecular flexibility index (Phi) is 15.2. The van der Waals surface area contributed by atoms with Crippen LogP contribution < -0.4 is 9.80 Å². The molecule has 0 bridgehead atoms. The van der Waals surface area contributed by atoms with Crippen LogP contribution in [0.2, 0.25) is 0 Å². The second kappa shape index (κ2) is 20.4. The van der Waals surface area contributed by atoms with Crippen LogP contribution in [0, 0.1) is 7.14 Å². The van der Waals surface area contributed by atoms with Gasteiger partial charge in [-0.05, 0) is 130 Å². The summed E-state index contributed by atoms with van der Waals surface area (Å²) in [4.78, 5) is 76.4. The number of carboxylic acid groups (broad SMARTS) is 3. The molecule has 61 heavy (non-hydrogen) atoms. The highest BCUT2D eigenvalue weighted by molar-refractivity contribution is 14.1. The maximum Gasteiger partial charge on any atom is 0.340 e. The van der Waals surface area contributed by atoms with Crippen molar-refractivity contribution in [3.8, 4) is 0 Å². The second-order valence-corrected chi connectivity index (χ2v) is 14.9. The Bertz CT molecular complexity index is 2550. The van der Waals surface area contributed by atoms with Crippen molar-refractivity contribution in [1.82, 2.24) is 0 Å². The minimum Gasteiger partial charge on any atom is -0.478 e. The molecule has 0 heterocycles. The van der Waals surface area contributed by atoms with Gasteiger partial charge < -0.3 is 39.3 Å². The Hall–Kier alpha value is -6.80. The highest BCUT2D eigenvalue weighted by Crippen LogP contribution is 2.42. The van der Waals surface area contributed by atoms with E-state index in [1.54, 1.807) is 95.9 Å². The zero-order valence-electron chi connectivity index (χ0n) is 32.4. The van der Waals surface area contributed by atoms with Crippen LogP contribution in [0.1, 0.15) is 62.1 Å². The number of hydrogen-bond donors (Lipinski definition) is 3. The van der Waals surface area contributed by atoms with E-state index in [0.29, 0.717) is 20.6 Å². The van der Waals surface area contributed by atoms with Crippen molar-refractivity contribution in [2.24, 2.45) is 0 Å². The van der Waals surface area contributed by atoms with Crippen molar-refractivity contribution in [3.63, 3.8) is 0 Å². The maximum atomic E-state index is 12.7. The van der Waals surface area contributed by atoms with Crippen molar-refractivity contribution < 1.29 is 58.3 Å². The third kappa shape index (κ3) is 10.2. The topological polar surface area (TPSA) is 197 Å². The van der Waals surface area contributed by atoms with Gasteiger partial charge in [-0.2, -0.15) is 0 Å². The minimum absolute atomic E-state index is 0.0858. The lowest BCUT2D eigenvalue weighted by Gasteiger charge is -2.29. The quantitative estimate of drug-likeness (QED) is 0.0595. The van der Waals surface area contributed by atoms with Gasteiger partial charge in [-0.25, -0.2) is 28.8 Å². The predicted octanol–water partition coefficient (Wildman–Crippen LogP) is 9.98. The van der Waals surface area contributed by atoms with Crippen LogP contribution >= 0.6 is 45.2 Å².